The summed E-state index contributed by atoms with van der Waals surface area (Å²) < 4.78 is 0. The van der Waals surface area contributed by atoms with Gasteiger partial charge in [-0.1, -0.05) is 72.8 Å². The Labute approximate surface area is 180 Å². The summed E-state index contributed by atoms with van der Waals surface area (Å²) in [4.78, 5) is 24.0. The second-order valence-corrected chi connectivity index (χ2v) is 6.40. The van der Waals surface area contributed by atoms with Crippen LogP contribution in [0.2, 0.25) is 0 Å². The van der Waals surface area contributed by atoms with E-state index in [1.165, 1.54) is 0 Å². The van der Waals surface area contributed by atoms with Crippen molar-refractivity contribution in [3.05, 3.63) is 83.9 Å². The fourth-order valence-corrected chi connectivity index (χ4v) is 2.98. The molecule has 3 rings (SSSR count). The van der Waals surface area contributed by atoms with E-state index in [4.69, 9.17) is 0 Å². The molecule has 0 saturated heterocycles. The van der Waals surface area contributed by atoms with Crippen molar-refractivity contribution in [1.29, 1.82) is 0 Å². The molecule has 0 radical (unpaired) electrons. The van der Waals surface area contributed by atoms with Crippen molar-refractivity contribution in [1.82, 2.24) is 5.32 Å². The first-order valence-electron chi connectivity index (χ1n) is 8.58. The largest absolute Gasteiger partial charge is 1.00 e. The van der Waals surface area contributed by atoms with Gasteiger partial charge in [0, 0.05) is 0 Å². The first-order valence-corrected chi connectivity index (χ1v) is 8.58. The van der Waals surface area contributed by atoms with Gasteiger partial charge < -0.3 is 15.2 Å². The topological polar surface area (TPSA) is 69.2 Å². The standard InChI is InChI=1S/C22H21NO3.Na/c1-15(17-7-3-2-4-8-17)21(24)23-20(22(25)26)14-16-11-12-18-9-5-6-10-19(18)13-16;/h2-13,15,20H,14H2,1H3,(H,23,24)(H,25,26);/q;+1/p-1. The average Bonchev–Trinajstić information content (AvgIpc) is 2.67. The van der Waals surface area contributed by atoms with E-state index in [1.807, 2.05) is 72.8 Å². The summed E-state index contributed by atoms with van der Waals surface area (Å²) in [5, 5.41) is 16.3. The van der Waals surface area contributed by atoms with Gasteiger partial charge in [0.15, 0.2) is 0 Å². The quantitative estimate of drug-likeness (QED) is 0.592. The van der Waals surface area contributed by atoms with Gasteiger partial charge in [0.25, 0.3) is 0 Å². The minimum Gasteiger partial charge on any atom is -0.548 e. The van der Waals surface area contributed by atoms with Gasteiger partial charge in [-0.15, -0.1) is 0 Å². The van der Waals surface area contributed by atoms with E-state index in [2.05, 4.69) is 5.32 Å². The molecule has 0 bridgehead atoms. The van der Waals surface area contributed by atoms with E-state index in [9.17, 15) is 14.7 Å². The number of carboxylic acid groups (broad SMARTS) is 1. The molecule has 4 nitrogen and oxygen atoms in total. The minimum atomic E-state index is -1.29. The van der Waals surface area contributed by atoms with Crippen molar-refractivity contribution in [2.75, 3.05) is 0 Å². The van der Waals surface area contributed by atoms with Crippen LogP contribution in [0, 0.1) is 0 Å². The summed E-state index contributed by atoms with van der Waals surface area (Å²) in [6, 6.07) is 21.8. The zero-order valence-electron chi connectivity index (χ0n) is 15.5. The Morgan fingerprint density at radius 1 is 0.926 bits per heavy atom. The normalized spacial score (nSPS) is 12.6. The number of hydrogen-bond acceptors (Lipinski definition) is 3. The predicted octanol–water partition coefficient (Wildman–Crippen LogP) is -0.575. The number of aliphatic carboxylic acids is 1. The Kier molecular flexibility index (Phi) is 7.60. The number of amides is 1. The zero-order chi connectivity index (χ0) is 18.5. The molecule has 27 heavy (non-hydrogen) atoms. The third kappa shape index (κ3) is 5.42. The van der Waals surface area contributed by atoms with Crippen LogP contribution in [0.4, 0.5) is 0 Å². The van der Waals surface area contributed by atoms with E-state index >= 15 is 0 Å². The monoisotopic (exact) mass is 369 g/mol. The van der Waals surface area contributed by atoms with Crippen LogP contribution in [0.15, 0.2) is 72.8 Å². The minimum absolute atomic E-state index is 0. The van der Waals surface area contributed by atoms with Gasteiger partial charge in [0.05, 0.1) is 17.9 Å². The molecule has 3 aromatic rings. The molecule has 0 saturated carbocycles. The predicted molar refractivity (Wildman–Crippen MR) is 99.4 cm³/mol. The van der Waals surface area contributed by atoms with Crippen LogP contribution in [-0.4, -0.2) is 17.9 Å². The second kappa shape index (κ2) is 9.70. The number of nitrogens with one attached hydrogen (secondary N) is 1. The van der Waals surface area contributed by atoms with Crippen LogP contribution in [-0.2, 0) is 16.0 Å². The summed E-state index contributed by atoms with van der Waals surface area (Å²) >= 11 is 0. The van der Waals surface area contributed by atoms with Gasteiger partial charge >= 0.3 is 29.6 Å². The Balaban J connectivity index is 0.00000261. The maximum Gasteiger partial charge on any atom is 1.00 e. The van der Waals surface area contributed by atoms with E-state index in [1.54, 1.807) is 6.92 Å². The molecule has 1 amide bonds. The van der Waals surface area contributed by atoms with Crippen LogP contribution < -0.4 is 40.0 Å². The molecule has 0 aliphatic carbocycles. The van der Waals surface area contributed by atoms with Crippen molar-refractivity contribution < 1.29 is 44.3 Å². The van der Waals surface area contributed by atoms with Crippen LogP contribution in [0.3, 0.4) is 0 Å². The van der Waals surface area contributed by atoms with Crippen molar-refractivity contribution in [2.24, 2.45) is 0 Å². The molecule has 5 heteroatoms. The van der Waals surface area contributed by atoms with Crippen LogP contribution in [0.5, 0.6) is 0 Å². The number of benzene rings is 3. The smallest absolute Gasteiger partial charge is 0.548 e. The van der Waals surface area contributed by atoms with Gasteiger partial charge in [-0.05, 0) is 35.2 Å². The van der Waals surface area contributed by atoms with Gasteiger partial charge in [0.2, 0.25) is 5.91 Å². The molecule has 2 atom stereocenters. The van der Waals surface area contributed by atoms with Crippen LogP contribution >= 0.6 is 0 Å². The summed E-state index contributed by atoms with van der Waals surface area (Å²) in [7, 11) is 0. The Morgan fingerprint density at radius 3 is 2.22 bits per heavy atom. The molecule has 1 N–H and O–H groups in total. The van der Waals surface area contributed by atoms with Gasteiger partial charge in [-0.2, -0.15) is 0 Å². The summed E-state index contributed by atoms with van der Waals surface area (Å²) in [6.07, 6.45) is 0.181. The number of rotatable bonds is 6. The first kappa shape index (κ1) is 21.2. The fraction of sp³-hybridized carbons (Fsp3) is 0.182. The number of fused-ring (bicyclic) bond motifs is 1. The number of carbonyl (C=O) groups is 2. The fourth-order valence-electron chi connectivity index (χ4n) is 2.98. The third-order valence-electron chi connectivity index (χ3n) is 4.55. The summed E-state index contributed by atoms with van der Waals surface area (Å²) in [5.74, 6) is -2.05. The molecule has 3 aromatic carbocycles. The molecule has 0 fully saturated rings. The van der Waals surface area contributed by atoms with E-state index in [0.717, 1.165) is 21.9 Å². The van der Waals surface area contributed by atoms with Crippen molar-refractivity contribution in [2.45, 2.75) is 25.3 Å². The molecule has 0 heterocycles. The molecule has 0 aromatic heterocycles. The first-order chi connectivity index (χ1) is 12.5. The third-order valence-corrected chi connectivity index (χ3v) is 4.55. The van der Waals surface area contributed by atoms with Gasteiger partial charge in [0.1, 0.15) is 0 Å². The van der Waals surface area contributed by atoms with Crippen molar-refractivity contribution in [3.63, 3.8) is 0 Å². The zero-order valence-corrected chi connectivity index (χ0v) is 17.5. The molecule has 0 aliphatic rings. The summed E-state index contributed by atoms with van der Waals surface area (Å²) in [6.45, 7) is 1.76. The molecule has 2 unspecified atom stereocenters. The van der Waals surface area contributed by atoms with Crippen LogP contribution in [0.1, 0.15) is 24.0 Å². The SMILES string of the molecule is CC(C(=O)NC(Cc1ccc2ccccc2c1)C(=O)[O-])c1ccccc1.[Na+]. The molecule has 0 aliphatic heterocycles. The number of carboxylic acids is 1. The summed E-state index contributed by atoms with van der Waals surface area (Å²) in [5.41, 5.74) is 1.68. The van der Waals surface area contributed by atoms with E-state index in [0.29, 0.717) is 0 Å². The Hall–Kier alpha value is -2.14. The number of carbonyl (C=O) groups excluding carboxylic acids is 2. The average molecular weight is 369 g/mol. The molecular weight excluding hydrogens is 349 g/mol. The van der Waals surface area contributed by atoms with E-state index in [-0.39, 0.29) is 41.9 Å². The molecule has 0 spiro atoms. The maximum atomic E-state index is 12.5. The molecular formula is C22H20NNaO3. The Morgan fingerprint density at radius 2 is 1.56 bits per heavy atom. The number of hydrogen-bond donors (Lipinski definition) is 1. The van der Waals surface area contributed by atoms with Gasteiger partial charge in [-0.25, -0.2) is 0 Å². The Bertz CT molecular complexity index is 927. The second-order valence-electron chi connectivity index (χ2n) is 6.40. The van der Waals surface area contributed by atoms with Crippen LogP contribution in [0.25, 0.3) is 10.8 Å². The van der Waals surface area contributed by atoms with Crippen molar-refractivity contribution in [3.8, 4) is 0 Å². The van der Waals surface area contributed by atoms with Gasteiger partial charge in [-0.3, -0.25) is 4.79 Å². The van der Waals surface area contributed by atoms with Crippen molar-refractivity contribution >= 4 is 22.6 Å². The molecule has 132 valence electrons. The van der Waals surface area contributed by atoms with E-state index < -0.39 is 17.9 Å². The maximum absolute atomic E-state index is 12.5.